The summed E-state index contributed by atoms with van der Waals surface area (Å²) in [6.07, 6.45) is 1.33. The lowest BCUT2D eigenvalue weighted by Gasteiger charge is -1.95. The van der Waals surface area contributed by atoms with Crippen LogP contribution in [0.3, 0.4) is 0 Å². The molecule has 0 amide bonds. The highest BCUT2D eigenvalue weighted by molar-refractivity contribution is 5.57. The Bertz CT molecular complexity index is 385. The summed E-state index contributed by atoms with van der Waals surface area (Å²) in [4.78, 5) is 0.423. The molecule has 0 radical (unpaired) electrons. The van der Waals surface area contributed by atoms with E-state index >= 15 is 0 Å². The van der Waals surface area contributed by atoms with Gasteiger partial charge in [0.25, 0.3) is 0 Å². The molecular weight excluding hydrogens is 166 g/mol. The van der Waals surface area contributed by atoms with Crippen LogP contribution < -0.4 is 4.85 Å². The zero-order chi connectivity index (χ0) is 9.10. The summed E-state index contributed by atoms with van der Waals surface area (Å²) in [7, 11) is 0. The van der Waals surface area contributed by atoms with Gasteiger partial charge < -0.3 is 5.21 Å². The molecule has 1 aromatic carbocycles. The minimum atomic E-state index is 0.423. The van der Waals surface area contributed by atoms with Gasteiger partial charge in [-0.25, -0.2) is 0 Å². The summed E-state index contributed by atoms with van der Waals surface area (Å²) in [5.41, 5.74) is 1.66. The van der Waals surface area contributed by atoms with Gasteiger partial charge in [-0.1, -0.05) is 30.3 Å². The number of rotatable bonds is 1. The molecule has 0 atom stereocenters. The monoisotopic (exact) mass is 173 g/mol. The third kappa shape index (κ3) is 1.61. The number of hydrogen-bond donors (Lipinski definition) is 0. The molecule has 0 fully saturated rings. The first kappa shape index (κ1) is 7.67. The van der Waals surface area contributed by atoms with Crippen LogP contribution in [-0.2, 0) is 0 Å². The highest BCUT2D eigenvalue weighted by atomic mass is 16.5. The molecule has 2 rings (SSSR count). The van der Waals surface area contributed by atoms with Crippen LogP contribution >= 0.6 is 0 Å². The quantitative estimate of drug-likeness (QED) is 0.473. The molecule has 0 N–H and O–H groups in total. The lowest BCUT2D eigenvalue weighted by atomic mass is 10.2. The standard InChI is InChI=1S/C9H7N3O/c13-12-7-6-9(10-11-12)8-4-2-1-3-5-8/h1-7H. The Morgan fingerprint density at radius 2 is 1.85 bits per heavy atom. The molecule has 4 heteroatoms. The molecule has 1 heterocycles. The van der Waals surface area contributed by atoms with E-state index < -0.39 is 0 Å². The molecule has 0 spiro atoms. The average Bonchev–Trinajstić information content (AvgIpc) is 2.20. The summed E-state index contributed by atoms with van der Waals surface area (Å²) in [5, 5.41) is 17.7. The molecule has 0 aliphatic rings. The van der Waals surface area contributed by atoms with Gasteiger partial charge in [0.2, 0.25) is 5.69 Å². The van der Waals surface area contributed by atoms with Gasteiger partial charge in [0.05, 0.1) is 5.10 Å². The van der Waals surface area contributed by atoms with E-state index in [-0.39, 0.29) is 0 Å². The van der Waals surface area contributed by atoms with Crippen molar-refractivity contribution in [1.29, 1.82) is 0 Å². The number of nitrogens with zero attached hydrogens (tertiary/aromatic N) is 3. The second kappa shape index (κ2) is 3.18. The molecule has 2 aromatic rings. The Balaban J connectivity index is 2.42. The van der Waals surface area contributed by atoms with Gasteiger partial charge in [-0.05, 0) is 0 Å². The van der Waals surface area contributed by atoms with Crippen molar-refractivity contribution in [2.45, 2.75) is 0 Å². The normalized spacial score (nSPS) is 9.85. The van der Waals surface area contributed by atoms with Crippen LogP contribution in [0, 0.1) is 5.21 Å². The van der Waals surface area contributed by atoms with Gasteiger partial charge in [-0.15, -0.1) is 4.85 Å². The van der Waals surface area contributed by atoms with Crippen molar-refractivity contribution >= 4 is 0 Å². The molecule has 0 unspecified atom stereocenters. The summed E-state index contributed by atoms with van der Waals surface area (Å²) < 4.78 is 0. The molecule has 0 saturated carbocycles. The summed E-state index contributed by atoms with van der Waals surface area (Å²) >= 11 is 0. The van der Waals surface area contributed by atoms with Crippen LogP contribution in [0.15, 0.2) is 42.6 Å². The Morgan fingerprint density at radius 1 is 1.08 bits per heavy atom. The van der Waals surface area contributed by atoms with Crippen molar-refractivity contribution in [3.8, 4) is 11.3 Å². The van der Waals surface area contributed by atoms with E-state index in [2.05, 4.69) is 10.3 Å². The van der Waals surface area contributed by atoms with Crippen LogP contribution in [-0.4, -0.2) is 10.3 Å². The van der Waals surface area contributed by atoms with Gasteiger partial charge in [-0.2, -0.15) is 0 Å². The fourth-order valence-corrected chi connectivity index (χ4v) is 1.05. The summed E-state index contributed by atoms with van der Waals surface area (Å²) in [5.74, 6) is 0. The van der Waals surface area contributed by atoms with Crippen LogP contribution in [0.5, 0.6) is 0 Å². The van der Waals surface area contributed by atoms with Crippen molar-refractivity contribution < 1.29 is 4.85 Å². The van der Waals surface area contributed by atoms with Crippen LogP contribution in [0.1, 0.15) is 0 Å². The third-order valence-corrected chi connectivity index (χ3v) is 1.67. The largest absolute Gasteiger partial charge is 0.691 e. The zero-order valence-electron chi connectivity index (χ0n) is 6.79. The van der Waals surface area contributed by atoms with E-state index in [1.807, 2.05) is 30.3 Å². The van der Waals surface area contributed by atoms with Gasteiger partial charge in [0.1, 0.15) is 11.4 Å². The lowest BCUT2D eigenvalue weighted by molar-refractivity contribution is -0.675. The fraction of sp³-hybridized carbons (Fsp3) is 0. The highest BCUT2D eigenvalue weighted by Gasteiger charge is 2.03. The first-order chi connectivity index (χ1) is 6.36. The zero-order valence-corrected chi connectivity index (χ0v) is 6.79. The molecular formula is C9H7N3O. The number of benzene rings is 1. The van der Waals surface area contributed by atoms with Gasteiger partial charge in [-0.3, -0.25) is 0 Å². The van der Waals surface area contributed by atoms with Crippen molar-refractivity contribution in [3.63, 3.8) is 0 Å². The second-order valence-corrected chi connectivity index (χ2v) is 2.56. The van der Waals surface area contributed by atoms with Crippen LogP contribution in [0.25, 0.3) is 11.3 Å². The third-order valence-electron chi connectivity index (χ3n) is 1.67. The molecule has 0 saturated heterocycles. The Hall–Kier alpha value is -1.97. The second-order valence-electron chi connectivity index (χ2n) is 2.56. The van der Waals surface area contributed by atoms with Gasteiger partial charge in [0, 0.05) is 11.6 Å². The van der Waals surface area contributed by atoms with Crippen molar-refractivity contribution in [2.24, 2.45) is 0 Å². The molecule has 13 heavy (non-hydrogen) atoms. The van der Waals surface area contributed by atoms with Gasteiger partial charge >= 0.3 is 0 Å². The van der Waals surface area contributed by atoms with Crippen LogP contribution in [0.4, 0.5) is 0 Å². The highest BCUT2D eigenvalue weighted by Crippen LogP contribution is 2.12. The first-order valence-corrected chi connectivity index (χ1v) is 3.85. The molecule has 1 aromatic heterocycles. The minimum Gasteiger partial charge on any atom is -0.691 e. The number of hydrogen-bond acceptors (Lipinski definition) is 3. The van der Waals surface area contributed by atoms with Gasteiger partial charge in [0.15, 0.2) is 0 Å². The Labute approximate surface area is 75.0 Å². The van der Waals surface area contributed by atoms with Crippen molar-refractivity contribution in [1.82, 2.24) is 10.3 Å². The lowest BCUT2D eigenvalue weighted by Crippen LogP contribution is -2.31. The SMILES string of the molecule is [O-][n+]1ccc(-c2ccccc2)nn1. The predicted molar refractivity (Wildman–Crippen MR) is 46.4 cm³/mol. The topological polar surface area (TPSA) is 52.7 Å². The first-order valence-electron chi connectivity index (χ1n) is 3.85. The minimum absolute atomic E-state index is 0.423. The fourth-order valence-electron chi connectivity index (χ4n) is 1.05. The maximum Gasteiger partial charge on any atom is 0.214 e. The maximum absolute atomic E-state index is 10.6. The molecule has 0 aliphatic heterocycles. The molecule has 0 aliphatic carbocycles. The summed E-state index contributed by atoms with van der Waals surface area (Å²) in [6.45, 7) is 0. The average molecular weight is 173 g/mol. The van der Waals surface area contributed by atoms with Crippen molar-refractivity contribution in [3.05, 3.63) is 47.8 Å². The molecule has 4 nitrogen and oxygen atoms in total. The molecule has 64 valence electrons. The van der Waals surface area contributed by atoms with E-state index in [0.29, 0.717) is 10.5 Å². The van der Waals surface area contributed by atoms with E-state index in [4.69, 9.17) is 0 Å². The maximum atomic E-state index is 10.6. The van der Waals surface area contributed by atoms with E-state index in [9.17, 15) is 5.21 Å². The predicted octanol–water partition coefficient (Wildman–Crippen LogP) is 0.777. The molecule has 0 bridgehead atoms. The smallest absolute Gasteiger partial charge is 0.214 e. The Morgan fingerprint density at radius 3 is 2.46 bits per heavy atom. The van der Waals surface area contributed by atoms with E-state index in [1.54, 1.807) is 6.07 Å². The van der Waals surface area contributed by atoms with Crippen molar-refractivity contribution in [2.75, 3.05) is 0 Å². The number of aromatic nitrogens is 3. The van der Waals surface area contributed by atoms with E-state index in [0.717, 1.165) is 5.56 Å². The van der Waals surface area contributed by atoms with E-state index in [1.165, 1.54) is 6.20 Å². The summed E-state index contributed by atoms with van der Waals surface area (Å²) in [6, 6.07) is 11.2. The Kier molecular flexibility index (Phi) is 1.88. The van der Waals surface area contributed by atoms with Crippen LogP contribution in [0.2, 0.25) is 0 Å².